The molecule has 0 radical (unpaired) electrons. The Bertz CT molecular complexity index is 444. The summed E-state index contributed by atoms with van der Waals surface area (Å²) in [5.74, 6) is 0. The lowest BCUT2D eigenvalue weighted by molar-refractivity contribution is 0.523. The molecule has 1 aromatic rings. The highest BCUT2D eigenvalue weighted by Crippen LogP contribution is 2.15. The zero-order valence-electron chi connectivity index (χ0n) is 19.7. The first-order valence-electron chi connectivity index (χ1n) is 13.1. The summed E-state index contributed by atoms with van der Waals surface area (Å²) < 4.78 is 0. The molecule has 0 aliphatic heterocycles. The Hall–Kier alpha value is -1.04. The molecule has 0 saturated carbocycles. The molecule has 0 aliphatic rings. The summed E-state index contributed by atoms with van der Waals surface area (Å²) in [5.41, 5.74) is 1.32. The van der Waals surface area contributed by atoms with Crippen molar-refractivity contribution in [2.24, 2.45) is 0 Å². The predicted molar refractivity (Wildman–Crippen MR) is 133 cm³/mol. The van der Waals surface area contributed by atoms with E-state index in [4.69, 9.17) is 0 Å². The van der Waals surface area contributed by atoms with E-state index in [-0.39, 0.29) is 0 Å². The minimum atomic E-state index is 1.23. The van der Waals surface area contributed by atoms with Gasteiger partial charge in [0.1, 0.15) is 0 Å². The molecule has 0 heteroatoms. The van der Waals surface area contributed by atoms with Gasteiger partial charge in [-0.1, -0.05) is 165 Å². The molecule has 0 aliphatic carbocycles. The summed E-state index contributed by atoms with van der Waals surface area (Å²) in [5, 5.41) is 0. The predicted octanol–water partition coefficient (Wildman–Crippen LogP) is 10.5. The lowest BCUT2D eigenvalue weighted by Gasteiger charge is -2.03. The van der Waals surface area contributed by atoms with Crippen molar-refractivity contribution in [2.45, 2.75) is 135 Å². The van der Waals surface area contributed by atoms with E-state index < -0.39 is 0 Å². The van der Waals surface area contributed by atoms with Crippen LogP contribution in [0.25, 0.3) is 6.08 Å². The third kappa shape index (κ3) is 18.7. The van der Waals surface area contributed by atoms with Gasteiger partial charge in [-0.2, -0.15) is 0 Å². The van der Waals surface area contributed by atoms with Gasteiger partial charge in [-0.25, -0.2) is 0 Å². The van der Waals surface area contributed by atoms with E-state index in [0.29, 0.717) is 0 Å². The van der Waals surface area contributed by atoms with Crippen LogP contribution in [0.1, 0.15) is 141 Å². The second kappa shape index (κ2) is 21.7. The van der Waals surface area contributed by atoms with Crippen LogP contribution in [0.5, 0.6) is 0 Å². The van der Waals surface area contributed by atoms with E-state index in [0.717, 1.165) is 0 Å². The fraction of sp³-hybridized carbons (Fsp3) is 0.724. The minimum absolute atomic E-state index is 1.23. The Morgan fingerprint density at radius 3 is 1.28 bits per heavy atom. The molecular weight excluding hydrogens is 348 g/mol. The van der Waals surface area contributed by atoms with E-state index >= 15 is 0 Å². The van der Waals surface area contributed by atoms with Crippen LogP contribution in [0.3, 0.4) is 0 Å². The number of unbranched alkanes of at least 4 members (excludes halogenated alkanes) is 19. The summed E-state index contributed by atoms with van der Waals surface area (Å²) in [6.07, 6.45) is 33.4. The molecule has 0 aromatic heterocycles. The van der Waals surface area contributed by atoms with Gasteiger partial charge in [0.05, 0.1) is 0 Å². The summed E-state index contributed by atoms with van der Waals surface area (Å²) in [6.45, 7) is 2.30. The Kier molecular flexibility index (Phi) is 19.4. The fourth-order valence-electron chi connectivity index (χ4n) is 4.12. The van der Waals surface area contributed by atoms with E-state index in [1.807, 2.05) is 0 Å². The maximum Gasteiger partial charge on any atom is -0.0260 e. The van der Waals surface area contributed by atoms with Crippen LogP contribution >= 0.6 is 0 Å². The molecule has 1 aromatic carbocycles. The molecule has 0 spiro atoms. The monoisotopic (exact) mass is 398 g/mol. The maximum atomic E-state index is 2.34. The van der Waals surface area contributed by atoms with E-state index in [2.05, 4.69) is 49.4 Å². The second-order valence-corrected chi connectivity index (χ2v) is 8.97. The van der Waals surface area contributed by atoms with Crippen LogP contribution in [0.15, 0.2) is 36.4 Å². The quantitative estimate of drug-likeness (QED) is 0.181. The van der Waals surface area contributed by atoms with Crippen molar-refractivity contribution in [2.75, 3.05) is 0 Å². The molecule has 29 heavy (non-hydrogen) atoms. The van der Waals surface area contributed by atoms with Gasteiger partial charge in [-0.05, 0) is 18.4 Å². The Labute approximate surface area is 183 Å². The first-order chi connectivity index (χ1) is 14.4. The molecule has 0 fully saturated rings. The smallest absolute Gasteiger partial charge is 0.0260 e. The first-order valence-corrected chi connectivity index (χ1v) is 13.1. The molecule has 0 N–H and O–H groups in total. The highest BCUT2D eigenvalue weighted by molar-refractivity contribution is 5.48. The highest BCUT2D eigenvalue weighted by atomic mass is 14.0. The van der Waals surface area contributed by atoms with Crippen LogP contribution in [0.4, 0.5) is 0 Å². The van der Waals surface area contributed by atoms with E-state index in [1.54, 1.807) is 0 Å². The van der Waals surface area contributed by atoms with Crippen LogP contribution < -0.4 is 0 Å². The molecule has 1 rings (SSSR count). The van der Waals surface area contributed by atoms with Gasteiger partial charge < -0.3 is 0 Å². The van der Waals surface area contributed by atoms with Crippen molar-refractivity contribution < 1.29 is 0 Å². The largest absolute Gasteiger partial charge is 0.0839 e. The summed E-state index contributed by atoms with van der Waals surface area (Å²) in [7, 11) is 0. The third-order valence-electron chi connectivity index (χ3n) is 6.08. The maximum absolute atomic E-state index is 2.34. The number of allylic oxidation sites excluding steroid dienone is 1. The van der Waals surface area contributed by atoms with Crippen molar-refractivity contribution in [3.63, 3.8) is 0 Å². The standard InChI is InChI=1S/C29H50/c1-2-3-4-5-6-7-8-9-10-11-12-13-14-15-16-17-18-19-20-21-23-26-29-27-24-22-25-28-29/h22-28H,2-21H2,1H3. The number of hydrogen-bond acceptors (Lipinski definition) is 0. The van der Waals surface area contributed by atoms with E-state index in [9.17, 15) is 0 Å². The van der Waals surface area contributed by atoms with Crippen molar-refractivity contribution in [3.8, 4) is 0 Å². The van der Waals surface area contributed by atoms with Gasteiger partial charge >= 0.3 is 0 Å². The topological polar surface area (TPSA) is 0 Å². The van der Waals surface area contributed by atoms with Crippen molar-refractivity contribution in [3.05, 3.63) is 42.0 Å². The fourth-order valence-corrected chi connectivity index (χ4v) is 4.12. The lowest BCUT2D eigenvalue weighted by Crippen LogP contribution is -1.84. The first kappa shape index (κ1) is 26.0. The molecule has 0 unspecified atom stereocenters. The number of rotatable bonds is 21. The Morgan fingerprint density at radius 2 is 0.862 bits per heavy atom. The van der Waals surface area contributed by atoms with Gasteiger partial charge in [0, 0.05) is 0 Å². The zero-order chi connectivity index (χ0) is 20.7. The second-order valence-electron chi connectivity index (χ2n) is 8.97. The molecule has 0 saturated heterocycles. The van der Waals surface area contributed by atoms with Gasteiger partial charge in [-0.3, -0.25) is 0 Å². The molecular formula is C29H50. The highest BCUT2D eigenvalue weighted by Gasteiger charge is 1.95. The average Bonchev–Trinajstić information content (AvgIpc) is 2.75. The van der Waals surface area contributed by atoms with Crippen LogP contribution in [-0.2, 0) is 0 Å². The summed E-state index contributed by atoms with van der Waals surface area (Å²) in [4.78, 5) is 0. The molecule has 0 bridgehead atoms. The van der Waals surface area contributed by atoms with Gasteiger partial charge in [0.25, 0.3) is 0 Å². The molecule has 0 heterocycles. The van der Waals surface area contributed by atoms with Crippen LogP contribution in [-0.4, -0.2) is 0 Å². The zero-order valence-corrected chi connectivity index (χ0v) is 19.7. The molecule has 0 atom stereocenters. The number of benzene rings is 1. The summed E-state index contributed by atoms with van der Waals surface area (Å²) in [6, 6.07) is 10.6. The average molecular weight is 399 g/mol. The van der Waals surface area contributed by atoms with Gasteiger partial charge in [-0.15, -0.1) is 0 Å². The van der Waals surface area contributed by atoms with Crippen molar-refractivity contribution >= 4 is 6.08 Å². The summed E-state index contributed by atoms with van der Waals surface area (Å²) >= 11 is 0. The third-order valence-corrected chi connectivity index (χ3v) is 6.08. The van der Waals surface area contributed by atoms with Crippen LogP contribution in [0.2, 0.25) is 0 Å². The molecule has 0 nitrogen and oxygen atoms in total. The Balaban J connectivity index is 1.69. The van der Waals surface area contributed by atoms with Gasteiger partial charge in [0.15, 0.2) is 0 Å². The number of hydrogen-bond donors (Lipinski definition) is 0. The van der Waals surface area contributed by atoms with E-state index in [1.165, 1.54) is 134 Å². The van der Waals surface area contributed by atoms with Gasteiger partial charge in [0.2, 0.25) is 0 Å². The normalized spacial score (nSPS) is 11.5. The SMILES string of the molecule is CCCCCCCCCCCCCCCCCCCCCC=Cc1ccccc1. The Morgan fingerprint density at radius 1 is 0.483 bits per heavy atom. The molecule has 0 amide bonds. The van der Waals surface area contributed by atoms with Crippen molar-refractivity contribution in [1.82, 2.24) is 0 Å². The van der Waals surface area contributed by atoms with Crippen LogP contribution in [0, 0.1) is 0 Å². The minimum Gasteiger partial charge on any atom is -0.0839 e. The molecule has 166 valence electrons. The van der Waals surface area contributed by atoms with Crippen molar-refractivity contribution in [1.29, 1.82) is 0 Å². The lowest BCUT2D eigenvalue weighted by atomic mass is 10.0.